The van der Waals surface area contributed by atoms with Gasteiger partial charge in [-0.15, -0.1) is 0 Å². The van der Waals surface area contributed by atoms with E-state index in [1.54, 1.807) is 34.7 Å². The van der Waals surface area contributed by atoms with Gasteiger partial charge in [0.15, 0.2) is 0 Å². The predicted octanol–water partition coefficient (Wildman–Crippen LogP) is 3.03. The molecular formula is C18H20ClN3O4. The maximum absolute atomic E-state index is 12.7. The van der Waals surface area contributed by atoms with Gasteiger partial charge in [-0.1, -0.05) is 11.6 Å². The number of aromatic carboxylic acids is 1. The molecule has 1 aromatic carbocycles. The molecule has 1 N–H and O–H groups in total. The number of likely N-dealkylation sites (tertiary alicyclic amines) is 1. The molecule has 0 spiro atoms. The van der Waals surface area contributed by atoms with Crippen molar-refractivity contribution in [2.75, 3.05) is 20.2 Å². The Kier molecular flexibility index (Phi) is 5.18. The zero-order chi connectivity index (χ0) is 18.8. The van der Waals surface area contributed by atoms with Crippen LogP contribution < -0.4 is 4.74 Å². The monoisotopic (exact) mass is 377 g/mol. The van der Waals surface area contributed by atoms with Crippen LogP contribution in [-0.4, -0.2) is 51.9 Å². The minimum absolute atomic E-state index is 0.0678. The Morgan fingerprint density at radius 2 is 2.00 bits per heavy atom. The van der Waals surface area contributed by atoms with Crippen LogP contribution in [0.3, 0.4) is 0 Å². The lowest BCUT2D eigenvalue weighted by Gasteiger charge is -2.32. The van der Waals surface area contributed by atoms with Gasteiger partial charge in [-0.05, 0) is 38.0 Å². The Morgan fingerprint density at radius 1 is 1.31 bits per heavy atom. The summed E-state index contributed by atoms with van der Waals surface area (Å²) < 4.78 is 6.93. The molecule has 2 heterocycles. The maximum atomic E-state index is 12.7. The second kappa shape index (κ2) is 7.37. The summed E-state index contributed by atoms with van der Waals surface area (Å²) in [4.78, 5) is 25.7. The van der Waals surface area contributed by atoms with Gasteiger partial charge in [0.2, 0.25) is 0 Å². The van der Waals surface area contributed by atoms with Gasteiger partial charge in [0.05, 0.1) is 30.1 Å². The van der Waals surface area contributed by atoms with Crippen LogP contribution in [0.15, 0.2) is 24.4 Å². The molecule has 7 nitrogen and oxygen atoms in total. The van der Waals surface area contributed by atoms with Crippen molar-refractivity contribution in [1.82, 2.24) is 14.7 Å². The highest BCUT2D eigenvalue weighted by Crippen LogP contribution is 2.28. The number of hydrogen-bond donors (Lipinski definition) is 1. The molecule has 1 aromatic heterocycles. The average Bonchev–Trinajstić information content (AvgIpc) is 3.03. The Morgan fingerprint density at radius 3 is 2.58 bits per heavy atom. The van der Waals surface area contributed by atoms with Crippen molar-refractivity contribution in [2.45, 2.75) is 25.8 Å². The van der Waals surface area contributed by atoms with Crippen LogP contribution in [-0.2, 0) is 0 Å². The van der Waals surface area contributed by atoms with E-state index < -0.39 is 5.97 Å². The number of amides is 1. The number of carbonyl (C=O) groups excluding carboxylic acids is 1. The van der Waals surface area contributed by atoms with Crippen LogP contribution in [0.1, 0.15) is 45.3 Å². The van der Waals surface area contributed by atoms with E-state index in [9.17, 15) is 9.59 Å². The summed E-state index contributed by atoms with van der Waals surface area (Å²) in [5.74, 6) is -0.569. The number of hydrogen-bond acceptors (Lipinski definition) is 4. The molecule has 1 aliphatic rings. The molecule has 2 aromatic rings. The molecule has 1 aliphatic heterocycles. The molecule has 8 heteroatoms. The first-order chi connectivity index (χ1) is 12.4. The Bertz CT molecular complexity index is 841. The van der Waals surface area contributed by atoms with Crippen molar-refractivity contribution in [3.63, 3.8) is 0 Å². The lowest BCUT2D eigenvalue weighted by atomic mass is 10.0. The topological polar surface area (TPSA) is 84.7 Å². The largest absolute Gasteiger partial charge is 0.495 e. The highest BCUT2D eigenvalue weighted by Gasteiger charge is 2.27. The lowest BCUT2D eigenvalue weighted by molar-refractivity contribution is 0.0687. The van der Waals surface area contributed by atoms with E-state index in [0.29, 0.717) is 35.1 Å². The minimum atomic E-state index is -0.974. The van der Waals surface area contributed by atoms with Gasteiger partial charge in [0.1, 0.15) is 11.3 Å². The van der Waals surface area contributed by atoms with Gasteiger partial charge in [-0.2, -0.15) is 5.10 Å². The summed E-state index contributed by atoms with van der Waals surface area (Å²) >= 11 is 6.01. The van der Waals surface area contributed by atoms with Crippen molar-refractivity contribution in [1.29, 1.82) is 0 Å². The summed E-state index contributed by atoms with van der Waals surface area (Å²) in [6.45, 7) is 2.92. The van der Waals surface area contributed by atoms with E-state index in [4.69, 9.17) is 21.4 Å². The summed E-state index contributed by atoms with van der Waals surface area (Å²) in [7, 11) is 1.51. The van der Waals surface area contributed by atoms with Crippen LogP contribution >= 0.6 is 11.6 Å². The zero-order valence-corrected chi connectivity index (χ0v) is 15.4. The quantitative estimate of drug-likeness (QED) is 0.885. The number of piperidine rings is 1. The van der Waals surface area contributed by atoms with E-state index in [0.717, 1.165) is 12.8 Å². The highest BCUT2D eigenvalue weighted by atomic mass is 35.5. The summed E-state index contributed by atoms with van der Waals surface area (Å²) in [6.07, 6.45) is 2.82. The second-order valence-electron chi connectivity index (χ2n) is 6.27. The molecule has 0 unspecified atom stereocenters. The number of carboxylic acids is 1. The van der Waals surface area contributed by atoms with Gasteiger partial charge in [0.25, 0.3) is 5.91 Å². The van der Waals surface area contributed by atoms with Gasteiger partial charge < -0.3 is 14.7 Å². The molecule has 0 radical (unpaired) electrons. The molecule has 0 aliphatic carbocycles. The number of rotatable bonds is 4. The van der Waals surface area contributed by atoms with Gasteiger partial charge in [-0.25, -0.2) is 4.79 Å². The van der Waals surface area contributed by atoms with Crippen molar-refractivity contribution >= 4 is 23.5 Å². The van der Waals surface area contributed by atoms with E-state index in [1.165, 1.54) is 13.3 Å². The first-order valence-electron chi connectivity index (χ1n) is 8.32. The fraction of sp³-hybridized carbons (Fsp3) is 0.389. The molecule has 0 saturated carbocycles. The first kappa shape index (κ1) is 18.3. The third kappa shape index (κ3) is 3.39. The lowest BCUT2D eigenvalue weighted by Crippen LogP contribution is -2.39. The van der Waals surface area contributed by atoms with Crippen LogP contribution in [0.2, 0.25) is 5.02 Å². The fourth-order valence-corrected chi connectivity index (χ4v) is 3.49. The average molecular weight is 378 g/mol. The smallest absolute Gasteiger partial charge is 0.339 e. The Balaban J connectivity index is 1.68. The second-order valence-corrected chi connectivity index (χ2v) is 6.67. The molecule has 138 valence electrons. The third-order valence-electron chi connectivity index (χ3n) is 4.77. The number of methoxy groups -OCH3 is 1. The molecule has 1 saturated heterocycles. The molecule has 26 heavy (non-hydrogen) atoms. The number of carboxylic acid groups (broad SMARTS) is 1. The van der Waals surface area contributed by atoms with Crippen molar-refractivity contribution in [3.8, 4) is 5.75 Å². The highest BCUT2D eigenvalue weighted by molar-refractivity contribution is 6.32. The number of aromatic nitrogens is 2. The van der Waals surface area contributed by atoms with Gasteiger partial charge in [-0.3, -0.25) is 9.48 Å². The SMILES string of the molecule is COc1cc(C(=O)N2CCC(n3ncc(C(=O)O)c3C)CC2)ccc1Cl. The van der Waals surface area contributed by atoms with Crippen LogP contribution in [0.5, 0.6) is 5.75 Å². The third-order valence-corrected chi connectivity index (χ3v) is 5.08. The molecule has 0 atom stereocenters. The van der Waals surface area contributed by atoms with E-state index >= 15 is 0 Å². The van der Waals surface area contributed by atoms with Gasteiger partial charge in [0, 0.05) is 18.7 Å². The number of benzene rings is 1. The number of halogens is 1. The van der Waals surface area contributed by atoms with Crippen molar-refractivity contribution in [2.24, 2.45) is 0 Å². The molecule has 1 amide bonds. The summed E-state index contributed by atoms with van der Waals surface area (Å²) in [5, 5.41) is 13.8. The maximum Gasteiger partial charge on any atom is 0.339 e. The number of ether oxygens (including phenoxy) is 1. The van der Waals surface area contributed by atoms with E-state index in [2.05, 4.69) is 5.10 Å². The van der Waals surface area contributed by atoms with Crippen LogP contribution in [0, 0.1) is 6.92 Å². The van der Waals surface area contributed by atoms with Crippen molar-refractivity contribution in [3.05, 3.63) is 46.2 Å². The first-order valence-corrected chi connectivity index (χ1v) is 8.70. The summed E-state index contributed by atoms with van der Waals surface area (Å²) in [6, 6.07) is 5.08. The van der Waals surface area contributed by atoms with Crippen LogP contribution in [0.25, 0.3) is 0 Å². The van der Waals surface area contributed by atoms with E-state index in [-0.39, 0.29) is 17.5 Å². The van der Waals surface area contributed by atoms with E-state index in [1.807, 2.05) is 0 Å². The fourth-order valence-electron chi connectivity index (χ4n) is 3.29. The molecule has 0 bridgehead atoms. The standard InChI is InChI=1S/C18H20ClN3O4/c1-11-14(18(24)25)10-20-22(11)13-5-7-21(8-6-13)17(23)12-3-4-15(19)16(9-12)26-2/h3-4,9-10,13H,5-8H2,1-2H3,(H,24,25). The Hall–Kier alpha value is -2.54. The van der Waals surface area contributed by atoms with Crippen molar-refractivity contribution < 1.29 is 19.4 Å². The normalized spacial score (nSPS) is 15.1. The van der Waals surface area contributed by atoms with Crippen LogP contribution in [0.4, 0.5) is 0 Å². The summed E-state index contributed by atoms with van der Waals surface area (Å²) in [5.41, 5.74) is 1.40. The van der Waals surface area contributed by atoms with Gasteiger partial charge >= 0.3 is 5.97 Å². The molecule has 1 fully saturated rings. The molecule has 3 rings (SSSR count). The number of carbonyl (C=O) groups is 2. The Labute approximate surface area is 156 Å². The molecular weight excluding hydrogens is 358 g/mol. The minimum Gasteiger partial charge on any atom is -0.495 e. The number of nitrogens with zero attached hydrogens (tertiary/aromatic N) is 3. The predicted molar refractivity (Wildman–Crippen MR) is 96.1 cm³/mol. The zero-order valence-electron chi connectivity index (χ0n) is 14.6.